The molecule has 0 spiro atoms. The normalized spacial score (nSPS) is 17.9. The Kier molecular flexibility index (Phi) is 4.06. The van der Waals surface area contributed by atoms with E-state index in [2.05, 4.69) is 10.6 Å². The van der Waals surface area contributed by atoms with Crippen LogP contribution < -0.4 is 15.4 Å². The van der Waals surface area contributed by atoms with Crippen molar-refractivity contribution in [1.29, 1.82) is 0 Å². The molecule has 0 bridgehead atoms. The standard InChI is InChI=1S/C15H20N2O4/c1-9-6-5-7-10-12(9)20-8-11(13(18)16-10)17-14(19)21-15(2,3)4/h5-7,11H,8H2,1-4H3,(H,16,18)(H,17,19). The van der Waals surface area contributed by atoms with Gasteiger partial charge in [0.2, 0.25) is 0 Å². The zero-order valence-electron chi connectivity index (χ0n) is 12.6. The molecule has 0 fully saturated rings. The third-order valence-corrected chi connectivity index (χ3v) is 2.87. The minimum atomic E-state index is -0.799. The molecule has 2 N–H and O–H groups in total. The summed E-state index contributed by atoms with van der Waals surface area (Å²) >= 11 is 0. The van der Waals surface area contributed by atoms with E-state index in [0.29, 0.717) is 11.4 Å². The Hall–Kier alpha value is -2.24. The number of carbonyl (C=O) groups excluding carboxylic acids is 2. The summed E-state index contributed by atoms with van der Waals surface area (Å²) in [6, 6.07) is 4.69. The molecular weight excluding hydrogens is 272 g/mol. The second-order valence-corrected chi connectivity index (χ2v) is 5.95. The Morgan fingerprint density at radius 1 is 1.43 bits per heavy atom. The van der Waals surface area contributed by atoms with Gasteiger partial charge in [-0.3, -0.25) is 4.79 Å². The Balaban J connectivity index is 2.07. The molecule has 0 saturated heterocycles. The summed E-state index contributed by atoms with van der Waals surface area (Å²) in [4.78, 5) is 23.9. The van der Waals surface area contributed by atoms with Crippen molar-refractivity contribution < 1.29 is 19.1 Å². The lowest BCUT2D eigenvalue weighted by Gasteiger charge is -2.22. The van der Waals surface area contributed by atoms with Crippen LogP contribution >= 0.6 is 0 Å². The summed E-state index contributed by atoms with van der Waals surface area (Å²) in [5, 5.41) is 5.27. The Bertz CT molecular complexity index is 563. The molecule has 114 valence electrons. The fraction of sp³-hybridized carbons (Fsp3) is 0.467. The molecule has 6 nitrogen and oxygen atoms in total. The van der Waals surface area contributed by atoms with E-state index >= 15 is 0 Å². The summed E-state index contributed by atoms with van der Waals surface area (Å²) in [7, 11) is 0. The monoisotopic (exact) mass is 292 g/mol. The molecule has 1 aromatic carbocycles. The summed E-state index contributed by atoms with van der Waals surface area (Å²) in [6.45, 7) is 7.23. The first-order valence-corrected chi connectivity index (χ1v) is 6.79. The molecule has 0 aromatic heterocycles. The van der Waals surface area contributed by atoms with Crippen molar-refractivity contribution in [1.82, 2.24) is 5.32 Å². The number of hydrogen-bond acceptors (Lipinski definition) is 4. The number of amides is 2. The number of carbonyl (C=O) groups is 2. The van der Waals surface area contributed by atoms with E-state index in [9.17, 15) is 9.59 Å². The molecule has 1 unspecified atom stereocenters. The van der Waals surface area contributed by atoms with E-state index in [1.807, 2.05) is 19.1 Å². The zero-order chi connectivity index (χ0) is 15.6. The topological polar surface area (TPSA) is 76.7 Å². The average Bonchev–Trinajstić information content (AvgIpc) is 2.48. The van der Waals surface area contributed by atoms with Gasteiger partial charge in [-0.15, -0.1) is 0 Å². The van der Waals surface area contributed by atoms with Gasteiger partial charge in [0.25, 0.3) is 5.91 Å². The van der Waals surface area contributed by atoms with Gasteiger partial charge in [-0.05, 0) is 39.3 Å². The second-order valence-electron chi connectivity index (χ2n) is 5.95. The van der Waals surface area contributed by atoms with Gasteiger partial charge in [-0.1, -0.05) is 12.1 Å². The minimum absolute atomic E-state index is 0.0585. The van der Waals surface area contributed by atoms with Gasteiger partial charge < -0.3 is 20.1 Å². The number of nitrogens with one attached hydrogen (secondary N) is 2. The maximum absolute atomic E-state index is 12.1. The Morgan fingerprint density at radius 3 is 2.81 bits per heavy atom. The number of hydrogen-bond donors (Lipinski definition) is 2. The van der Waals surface area contributed by atoms with E-state index in [0.717, 1.165) is 5.56 Å². The zero-order valence-corrected chi connectivity index (χ0v) is 12.6. The molecule has 2 rings (SSSR count). The van der Waals surface area contributed by atoms with Crippen LogP contribution in [0.3, 0.4) is 0 Å². The molecule has 0 saturated carbocycles. The quantitative estimate of drug-likeness (QED) is 0.832. The van der Waals surface area contributed by atoms with Crippen molar-refractivity contribution in [3.8, 4) is 5.75 Å². The van der Waals surface area contributed by atoms with E-state index in [1.165, 1.54) is 0 Å². The summed E-state index contributed by atoms with van der Waals surface area (Å²) in [5.74, 6) is 0.296. The highest BCUT2D eigenvalue weighted by Gasteiger charge is 2.28. The van der Waals surface area contributed by atoms with Gasteiger partial charge >= 0.3 is 6.09 Å². The number of benzene rings is 1. The highest BCUT2D eigenvalue weighted by Crippen LogP contribution is 2.30. The predicted octanol–water partition coefficient (Wildman–Crippen LogP) is 2.22. The number of ether oxygens (including phenoxy) is 2. The molecule has 6 heteroatoms. The highest BCUT2D eigenvalue weighted by molar-refractivity contribution is 5.98. The molecule has 1 heterocycles. The maximum atomic E-state index is 12.1. The third-order valence-electron chi connectivity index (χ3n) is 2.87. The molecule has 21 heavy (non-hydrogen) atoms. The van der Waals surface area contributed by atoms with Crippen molar-refractivity contribution in [3.63, 3.8) is 0 Å². The fourth-order valence-electron chi connectivity index (χ4n) is 1.96. The largest absolute Gasteiger partial charge is 0.488 e. The van der Waals surface area contributed by atoms with Crippen molar-refractivity contribution >= 4 is 17.7 Å². The summed E-state index contributed by atoms with van der Waals surface area (Å²) in [6.07, 6.45) is -0.645. The lowest BCUT2D eigenvalue weighted by atomic mass is 10.2. The number of aryl methyl sites for hydroxylation is 1. The third kappa shape index (κ3) is 3.87. The lowest BCUT2D eigenvalue weighted by molar-refractivity contribution is -0.118. The van der Waals surface area contributed by atoms with Crippen molar-refractivity contribution in [3.05, 3.63) is 23.8 Å². The smallest absolute Gasteiger partial charge is 0.408 e. The molecule has 1 atom stereocenters. The van der Waals surface area contributed by atoms with Crippen LogP contribution in [0.4, 0.5) is 10.5 Å². The van der Waals surface area contributed by atoms with Crippen LogP contribution in [-0.2, 0) is 9.53 Å². The summed E-state index contributed by atoms with van der Waals surface area (Å²) in [5.41, 5.74) is 0.908. The van der Waals surface area contributed by atoms with E-state index < -0.39 is 17.7 Å². The first kappa shape index (κ1) is 15.2. The second kappa shape index (κ2) is 5.63. The average molecular weight is 292 g/mol. The molecule has 0 aliphatic carbocycles. The van der Waals surface area contributed by atoms with Crippen LogP contribution in [0.1, 0.15) is 26.3 Å². The van der Waals surface area contributed by atoms with Gasteiger partial charge in [0.15, 0.2) is 0 Å². The fourth-order valence-corrected chi connectivity index (χ4v) is 1.96. The number of alkyl carbamates (subject to hydrolysis) is 1. The molecule has 1 aliphatic rings. The number of rotatable bonds is 1. The molecule has 2 amide bonds. The van der Waals surface area contributed by atoms with Crippen LogP contribution in [-0.4, -0.2) is 30.3 Å². The van der Waals surface area contributed by atoms with Gasteiger partial charge in [-0.25, -0.2) is 4.79 Å². The molecular formula is C15H20N2O4. The first-order valence-electron chi connectivity index (χ1n) is 6.79. The van der Waals surface area contributed by atoms with Crippen LogP contribution in [0.25, 0.3) is 0 Å². The van der Waals surface area contributed by atoms with E-state index in [-0.39, 0.29) is 12.5 Å². The van der Waals surface area contributed by atoms with Crippen molar-refractivity contribution in [2.24, 2.45) is 0 Å². The maximum Gasteiger partial charge on any atom is 0.408 e. The lowest BCUT2D eigenvalue weighted by Crippen LogP contribution is -2.48. The van der Waals surface area contributed by atoms with Crippen molar-refractivity contribution in [2.75, 3.05) is 11.9 Å². The van der Waals surface area contributed by atoms with Gasteiger partial charge in [0.05, 0.1) is 5.69 Å². The van der Waals surface area contributed by atoms with E-state index in [1.54, 1.807) is 26.8 Å². The van der Waals surface area contributed by atoms with Crippen molar-refractivity contribution in [2.45, 2.75) is 39.3 Å². The van der Waals surface area contributed by atoms with Crippen LogP contribution in [0, 0.1) is 6.92 Å². The summed E-state index contributed by atoms with van der Waals surface area (Å²) < 4.78 is 10.8. The molecule has 0 radical (unpaired) electrons. The SMILES string of the molecule is Cc1cccc2c1OCC(NC(=O)OC(C)(C)C)C(=O)N2. The molecule has 1 aromatic rings. The number of para-hydroxylation sites is 1. The van der Waals surface area contributed by atoms with Gasteiger partial charge in [0.1, 0.15) is 24.0 Å². The molecule has 1 aliphatic heterocycles. The highest BCUT2D eigenvalue weighted by atomic mass is 16.6. The van der Waals surface area contributed by atoms with Gasteiger partial charge in [0, 0.05) is 0 Å². The van der Waals surface area contributed by atoms with Crippen LogP contribution in [0.5, 0.6) is 5.75 Å². The van der Waals surface area contributed by atoms with E-state index in [4.69, 9.17) is 9.47 Å². The first-order chi connectivity index (χ1) is 9.76. The number of fused-ring (bicyclic) bond motifs is 1. The number of anilines is 1. The Morgan fingerprint density at radius 2 is 2.14 bits per heavy atom. The predicted molar refractivity (Wildman–Crippen MR) is 78.5 cm³/mol. The van der Waals surface area contributed by atoms with Crippen LogP contribution in [0.2, 0.25) is 0 Å². The van der Waals surface area contributed by atoms with Crippen LogP contribution in [0.15, 0.2) is 18.2 Å². The van der Waals surface area contributed by atoms with Gasteiger partial charge in [-0.2, -0.15) is 0 Å². The minimum Gasteiger partial charge on any atom is -0.488 e. The Labute approximate surface area is 123 Å².